The second kappa shape index (κ2) is 9.53. The Kier molecular flexibility index (Phi) is 5.91. The first-order valence-corrected chi connectivity index (χ1v) is 12.4. The Bertz CT molecular complexity index is 1460. The maximum absolute atomic E-state index is 12.5. The Hall–Kier alpha value is -4.47. The number of carbonyl (C=O) groups excluding carboxylic acids is 1. The standard InChI is InChI=1S/C27H28N8O2/c1-3-33-16-21(15-28-33)25(27-30-31-32-35(27)17-20-7-4-5-9-23(20)37-2)29-22-13-18-8-6-12-34-24(36)11-10-19(14-22)26(18)34/h3-5,7,9,13-16,25,29H,1,6,8,10-12,17H2,2H3. The Morgan fingerprint density at radius 3 is 2.84 bits per heavy atom. The van der Waals surface area contributed by atoms with Crippen molar-refractivity contribution in [3.63, 3.8) is 0 Å². The minimum Gasteiger partial charge on any atom is -0.496 e. The summed E-state index contributed by atoms with van der Waals surface area (Å²) in [5, 5.41) is 20.8. The van der Waals surface area contributed by atoms with Crippen molar-refractivity contribution >= 4 is 23.5 Å². The van der Waals surface area contributed by atoms with Crippen molar-refractivity contribution in [3.05, 3.63) is 83.4 Å². The van der Waals surface area contributed by atoms with Crippen LogP contribution in [0.5, 0.6) is 5.75 Å². The fraction of sp³-hybridized carbons (Fsp3) is 0.296. The molecule has 1 N–H and O–H groups in total. The van der Waals surface area contributed by atoms with E-state index in [2.05, 4.69) is 44.7 Å². The quantitative estimate of drug-likeness (QED) is 0.399. The number of anilines is 2. The molecule has 0 aliphatic carbocycles. The summed E-state index contributed by atoms with van der Waals surface area (Å²) in [5.41, 5.74) is 6.35. The molecule has 37 heavy (non-hydrogen) atoms. The molecule has 1 unspecified atom stereocenters. The van der Waals surface area contributed by atoms with Gasteiger partial charge in [0.1, 0.15) is 11.8 Å². The number of hydrogen-bond donors (Lipinski definition) is 1. The molecule has 2 aliphatic heterocycles. The van der Waals surface area contributed by atoms with Crippen molar-refractivity contribution in [1.82, 2.24) is 30.0 Å². The third-order valence-electron chi connectivity index (χ3n) is 7.06. The van der Waals surface area contributed by atoms with Crippen molar-refractivity contribution in [3.8, 4) is 5.75 Å². The third kappa shape index (κ3) is 4.24. The van der Waals surface area contributed by atoms with Crippen molar-refractivity contribution in [2.24, 2.45) is 0 Å². The lowest BCUT2D eigenvalue weighted by atomic mass is 9.91. The molecule has 188 valence electrons. The van der Waals surface area contributed by atoms with Crippen LogP contribution in [0.3, 0.4) is 0 Å². The number of para-hydroxylation sites is 1. The van der Waals surface area contributed by atoms with Crippen LogP contribution in [-0.2, 0) is 24.2 Å². The molecule has 0 fully saturated rings. The zero-order chi connectivity index (χ0) is 25.4. The van der Waals surface area contributed by atoms with Crippen LogP contribution in [0.25, 0.3) is 6.20 Å². The second-order valence-corrected chi connectivity index (χ2v) is 9.31. The molecule has 2 aromatic carbocycles. The fourth-order valence-corrected chi connectivity index (χ4v) is 5.33. The molecule has 0 spiro atoms. The van der Waals surface area contributed by atoms with E-state index in [-0.39, 0.29) is 11.9 Å². The summed E-state index contributed by atoms with van der Waals surface area (Å²) in [7, 11) is 1.66. The maximum atomic E-state index is 12.5. The molecular formula is C27H28N8O2. The molecule has 10 nitrogen and oxygen atoms in total. The first kappa shape index (κ1) is 23.0. The fourth-order valence-electron chi connectivity index (χ4n) is 5.33. The van der Waals surface area contributed by atoms with Gasteiger partial charge in [-0.25, -0.2) is 9.36 Å². The predicted octanol–water partition coefficient (Wildman–Crippen LogP) is 3.45. The summed E-state index contributed by atoms with van der Waals surface area (Å²) in [5.74, 6) is 1.65. The molecule has 10 heteroatoms. The van der Waals surface area contributed by atoms with Crippen LogP contribution < -0.4 is 15.0 Å². The number of methoxy groups -OCH3 is 1. The summed E-state index contributed by atoms with van der Waals surface area (Å²) in [4.78, 5) is 14.5. The van der Waals surface area contributed by atoms with E-state index >= 15 is 0 Å². The van der Waals surface area contributed by atoms with Crippen LogP contribution in [0.4, 0.5) is 11.4 Å². The minimum atomic E-state index is -0.367. The van der Waals surface area contributed by atoms with Gasteiger partial charge in [-0.2, -0.15) is 5.10 Å². The van der Waals surface area contributed by atoms with Gasteiger partial charge in [-0.1, -0.05) is 24.8 Å². The number of hydrogen-bond acceptors (Lipinski definition) is 7. The van der Waals surface area contributed by atoms with E-state index in [1.807, 2.05) is 35.4 Å². The number of aromatic nitrogens is 6. The summed E-state index contributed by atoms with van der Waals surface area (Å²) >= 11 is 0. The van der Waals surface area contributed by atoms with Crippen molar-refractivity contribution in [1.29, 1.82) is 0 Å². The smallest absolute Gasteiger partial charge is 0.227 e. The van der Waals surface area contributed by atoms with Crippen LogP contribution in [0.15, 0.2) is 55.4 Å². The van der Waals surface area contributed by atoms with Gasteiger partial charge in [0.25, 0.3) is 0 Å². The molecule has 2 aromatic heterocycles. The van der Waals surface area contributed by atoms with Gasteiger partial charge in [0, 0.05) is 42.2 Å². The largest absolute Gasteiger partial charge is 0.496 e. The third-order valence-corrected chi connectivity index (χ3v) is 7.06. The number of rotatable bonds is 8. The van der Waals surface area contributed by atoms with E-state index in [0.29, 0.717) is 18.8 Å². The highest BCUT2D eigenvalue weighted by molar-refractivity contribution is 5.98. The highest BCUT2D eigenvalue weighted by Crippen LogP contribution is 2.39. The lowest BCUT2D eigenvalue weighted by Crippen LogP contribution is -2.39. The van der Waals surface area contributed by atoms with Gasteiger partial charge in [-0.3, -0.25) is 4.79 Å². The van der Waals surface area contributed by atoms with Crippen LogP contribution in [0.1, 0.15) is 47.0 Å². The number of carbonyl (C=O) groups is 1. The molecule has 0 saturated heterocycles. The van der Waals surface area contributed by atoms with Crippen LogP contribution in [-0.4, -0.2) is 49.5 Å². The van der Waals surface area contributed by atoms with E-state index in [1.165, 1.54) is 11.1 Å². The normalized spacial score (nSPS) is 15.3. The molecule has 1 atom stereocenters. The lowest BCUT2D eigenvalue weighted by Gasteiger charge is -2.35. The van der Waals surface area contributed by atoms with E-state index in [9.17, 15) is 4.79 Å². The molecule has 1 amide bonds. The van der Waals surface area contributed by atoms with Gasteiger partial charge in [0.15, 0.2) is 5.82 Å². The molecule has 4 heterocycles. The lowest BCUT2D eigenvalue weighted by molar-refractivity contribution is -0.119. The highest BCUT2D eigenvalue weighted by atomic mass is 16.5. The number of amides is 1. The van der Waals surface area contributed by atoms with E-state index in [4.69, 9.17) is 4.74 Å². The molecule has 0 radical (unpaired) electrons. The topological polar surface area (TPSA) is 103 Å². The Balaban J connectivity index is 1.39. The predicted molar refractivity (Wildman–Crippen MR) is 139 cm³/mol. The number of nitrogens with zero attached hydrogens (tertiary/aromatic N) is 7. The molecule has 6 rings (SSSR count). The minimum absolute atomic E-state index is 0.222. The monoisotopic (exact) mass is 496 g/mol. The number of benzene rings is 2. The maximum Gasteiger partial charge on any atom is 0.227 e. The number of nitrogens with one attached hydrogen (secondary N) is 1. The SMILES string of the molecule is C=Cn1cc(C(Nc2cc3c4c(c2)CCC(=O)N4CCC3)c2nnnn2Cc2ccccc2OC)cn1. The van der Waals surface area contributed by atoms with Gasteiger partial charge in [-0.05, 0) is 59.0 Å². The summed E-state index contributed by atoms with van der Waals surface area (Å²) in [6.45, 7) is 5.07. The van der Waals surface area contributed by atoms with E-state index < -0.39 is 0 Å². The first-order valence-electron chi connectivity index (χ1n) is 12.4. The zero-order valence-corrected chi connectivity index (χ0v) is 20.7. The van der Waals surface area contributed by atoms with E-state index in [0.717, 1.165) is 54.1 Å². The number of ether oxygens (including phenoxy) is 1. The highest BCUT2D eigenvalue weighted by Gasteiger charge is 2.31. The van der Waals surface area contributed by atoms with Crippen LogP contribution >= 0.6 is 0 Å². The molecule has 4 aromatic rings. The molecule has 0 saturated carbocycles. The summed E-state index contributed by atoms with van der Waals surface area (Å²) in [6, 6.07) is 11.8. The van der Waals surface area contributed by atoms with Gasteiger partial charge in [0.2, 0.25) is 5.91 Å². The Morgan fingerprint density at radius 2 is 2.03 bits per heavy atom. The van der Waals surface area contributed by atoms with Crippen molar-refractivity contribution < 1.29 is 9.53 Å². The van der Waals surface area contributed by atoms with E-state index in [1.54, 1.807) is 28.9 Å². The average Bonchev–Trinajstić information content (AvgIpc) is 3.59. The zero-order valence-electron chi connectivity index (χ0n) is 20.7. The van der Waals surface area contributed by atoms with Gasteiger partial charge < -0.3 is 15.0 Å². The Labute approximate surface area is 214 Å². The van der Waals surface area contributed by atoms with Crippen molar-refractivity contribution in [2.45, 2.75) is 38.3 Å². The van der Waals surface area contributed by atoms with Crippen LogP contribution in [0, 0.1) is 0 Å². The van der Waals surface area contributed by atoms with Crippen molar-refractivity contribution in [2.75, 3.05) is 23.9 Å². The average molecular weight is 497 g/mol. The molecular weight excluding hydrogens is 468 g/mol. The number of aryl methyl sites for hydroxylation is 2. The van der Waals surface area contributed by atoms with Gasteiger partial charge in [-0.15, -0.1) is 5.10 Å². The molecule has 2 aliphatic rings. The van der Waals surface area contributed by atoms with Crippen LogP contribution in [0.2, 0.25) is 0 Å². The molecule has 0 bridgehead atoms. The second-order valence-electron chi connectivity index (χ2n) is 9.31. The first-order chi connectivity index (χ1) is 18.1. The Morgan fingerprint density at radius 1 is 1.19 bits per heavy atom. The van der Waals surface area contributed by atoms with Gasteiger partial charge in [0.05, 0.1) is 25.5 Å². The number of tetrazole rings is 1. The summed E-state index contributed by atoms with van der Waals surface area (Å²) in [6.07, 6.45) is 8.56. The van der Waals surface area contributed by atoms with Gasteiger partial charge >= 0.3 is 0 Å². The summed E-state index contributed by atoms with van der Waals surface area (Å²) < 4.78 is 8.99.